The largest absolute Gasteiger partial charge is 0.332 e. The molecule has 2 heterocycles. The molecule has 110 valence electrons. The number of H-pyrrole nitrogens is 1. The van der Waals surface area contributed by atoms with E-state index in [0.717, 1.165) is 30.9 Å². The van der Waals surface area contributed by atoms with E-state index in [-0.39, 0.29) is 11.9 Å². The van der Waals surface area contributed by atoms with Crippen molar-refractivity contribution in [3.63, 3.8) is 0 Å². The number of halogens is 1. The average molecular weight is 305 g/mol. The van der Waals surface area contributed by atoms with Crippen LogP contribution in [0.4, 0.5) is 0 Å². The van der Waals surface area contributed by atoms with Gasteiger partial charge in [-0.2, -0.15) is 5.10 Å². The van der Waals surface area contributed by atoms with Crippen LogP contribution in [-0.2, 0) is 0 Å². The minimum Gasteiger partial charge on any atom is -0.332 e. The van der Waals surface area contributed by atoms with E-state index in [4.69, 9.17) is 11.6 Å². The molecule has 1 aromatic heterocycles. The Bertz CT molecular complexity index is 637. The molecule has 1 saturated heterocycles. The number of amides is 1. The van der Waals surface area contributed by atoms with Gasteiger partial charge in [-0.15, -0.1) is 0 Å². The van der Waals surface area contributed by atoms with Gasteiger partial charge in [0.1, 0.15) is 5.69 Å². The quantitative estimate of drug-likeness (QED) is 0.894. The lowest BCUT2D eigenvalue weighted by molar-refractivity contribution is 0.0649. The van der Waals surface area contributed by atoms with Crippen LogP contribution in [0.5, 0.6) is 0 Å². The molecule has 0 saturated carbocycles. The Morgan fingerprint density at radius 2 is 2.14 bits per heavy atom. The minimum atomic E-state index is -0.00304. The number of hydrogen-bond donors (Lipinski definition) is 2. The van der Waals surface area contributed by atoms with Crippen LogP contribution in [0.1, 0.15) is 17.4 Å². The summed E-state index contributed by atoms with van der Waals surface area (Å²) >= 11 is 5.88. The molecule has 1 fully saturated rings. The number of hydrogen-bond acceptors (Lipinski definition) is 3. The molecule has 0 radical (unpaired) electrons. The highest BCUT2D eigenvalue weighted by molar-refractivity contribution is 6.30. The lowest BCUT2D eigenvalue weighted by Gasteiger charge is -2.33. The summed E-state index contributed by atoms with van der Waals surface area (Å²) in [4.78, 5) is 14.4. The van der Waals surface area contributed by atoms with Crippen molar-refractivity contribution in [1.29, 1.82) is 0 Å². The van der Waals surface area contributed by atoms with Crippen LogP contribution in [0.25, 0.3) is 11.3 Å². The maximum Gasteiger partial charge on any atom is 0.272 e. The van der Waals surface area contributed by atoms with Gasteiger partial charge in [0, 0.05) is 36.3 Å². The van der Waals surface area contributed by atoms with E-state index in [0.29, 0.717) is 10.7 Å². The third-order valence-corrected chi connectivity index (χ3v) is 3.96. The molecule has 0 bridgehead atoms. The monoisotopic (exact) mass is 304 g/mol. The number of carbonyl (C=O) groups is 1. The lowest BCUT2D eigenvalue weighted by Crippen LogP contribution is -2.52. The maximum absolute atomic E-state index is 12.5. The van der Waals surface area contributed by atoms with Crippen LogP contribution in [0.15, 0.2) is 30.3 Å². The normalized spacial score (nSPS) is 18.8. The number of carbonyl (C=O) groups excluding carboxylic acids is 1. The summed E-state index contributed by atoms with van der Waals surface area (Å²) < 4.78 is 0. The maximum atomic E-state index is 12.5. The number of rotatable bonds is 2. The van der Waals surface area contributed by atoms with Crippen LogP contribution in [0.2, 0.25) is 5.02 Å². The fourth-order valence-electron chi connectivity index (χ4n) is 2.50. The number of piperazine rings is 1. The van der Waals surface area contributed by atoms with Gasteiger partial charge in [-0.1, -0.05) is 23.7 Å². The summed E-state index contributed by atoms with van der Waals surface area (Å²) in [5, 5.41) is 11.0. The van der Waals surface area contributed by atoms with Crippen molar-refractivity contribution in [3.8, 4) is 11.3 Å². The summed E-state index contributed by atoms with van der Waals surface area (Å²) in [6.45, 7) is 4.41. The highest BCUT2D eigenvalue weighted by Crippen LogP contribution is 2.21. The zero-order chi connectivity index (χ0) is 14.8. The summed E-state index contributed by atoms with van der Waals surface area (Å²) in [6, 6.07) is 9.38. The summed E-state index contributed by atoms with van der Waals surface area (Å²) in [5.74, 6) is -0.00304. The van der Waals surface area contributed by atoms with Gasteiger partial charge in [0.15, 0.2) is 0 Å². The van der Waals surface area contributed by atoms with Crippen LogP contribution < -0.4 is 5.32 Å². The third-order valence-electron chi connectivity index (χ3n) is 3.71. The zero-order valence-electron chi connectivity index (χ0n) is 11.8. The number of nitrogens with zero attached hydrogens (tertiary/aromatic N) is 2. The summed E-state index contributed by atoms with van der Waals surface area (Å²) in [7, 11) is 0. The van der Waals surface area contributed by atoms with Crippen LogP contribution in [-0.4, -0.2) is 46.7 Å². The molecule has 2 N–H and O–H groups in total. The van der Waals surface area contributed by atoms with Gasteiger partial charge in [0.2, 0.25) is 0 Å². The molecule has 2 aromatic rings. The van der Waals surface area contributed by atoms with Crippen LogP contribution >= 0.6 is 11.6 Å². The molecule has 0 aliphatic carbocycles. The summed E-state index contributed by atoms with van der Waals surface area (Å²) in [5.41, 5.74) is 2.20. The Kier molecular flexibility index (Phi) is 3.94. The van der Waals surface area contributed by atoms with Crippen molar-refractivity contribution in [3.05, 3.63) is 41.0 Å². The van der Waals surface area contributed by atoms with Crippen molar-refractivity contribution in [1.82, 2.24) is 20.4 Å². The molecule has 1 atom stereocenters. The molecule has 1 aliphatic heterocycles. The van der Waals surface area contributed by atoms with Crippen molar-refractivity contribution in [2.24, 2.45) is 0 Å². The fourth-order valence-corrected chi connectivity index (χ4v) is 2.62. The molecular formula is C15H17ClN4O. The molecule has 1 amide bonds. The van der Waals surface area contributed by atoms with E-state index in [2.05, 4.69) is 15.5 Å². The van der Waals surface area contributed by atoms with Crippen molar-refractivity contribution >= 4 is 17.5 Å². The summed E-state index contributed by atoms with van der Waals surface area (Å²) in [6.07, 6.45) is 0. The smallest absolute Gasteiger partial charge is 0.272 e. The number of aromatic nitrogens is 2. The average Bonchev–Trinajstić information content (AvgIpc) is 2.98. The molecule has 21 heavy (non-hydrogen) atoms. The standard InChI is InChI=1S/C15H17ClN4O/c1-10-9-17-6-7-20(10)15(21)14-8-13(18-19-14)11-2-4-12(16)5-3-11/h2-5,8,10,17H,6-7,9H2,1H3,(H,18,19)/t10-/m1/s1. The Morgan fingerprint density at radius 3 is 2.86 bits per heavy atom. The van der Waals surface area contributed by atoms with Gasteiger partial charge in [-0.25, -0.2) is 0 Å². The van der Waals surface area contributed by atoms with E-state index >= 15 is 0 Å². The van der Waals surface area contributed by atoms with E-state index in [1.165, 1.54) is 0 Å². The second-order valence-corrected chi connectivity index (χ2v) is 5.66. The third kappa shape index (κ3) is 2.94. The van der Waals surface area contributed by atoms with Crippen molar-refractivity contribution in [2.75, 3.05) is 19.6 Å². The zero-order valence-corrected chi connectivity index (χ0v) is 12.5. The molecule has 6 heteroatoms. The predicted octanol–water partition coefficient (Wildman–Crippen LogP) is 2.16. The molecule has 0 spiro atoms. The first-order valence-corrected chi connectivity index (χ1v) is 7.36. The molecular weight excluding hydrogens is 288 g/mol. The number of nitrogens with one attached hydrogen (secondary N) is 2. The Hall–Kier alpha value is -1.85. The van der Waals surface area contributed by atoms with Crippen molar-refractivity contribution < 1.29 is 4.79 Å². The first kappa shape index (κ1) is 14.1. The Labute approximate surface area is 128 Å². The van der Waals surface area contributed by atoms with Gasteiger partial charge < -0.3 is 10.2 Å². The molecule has 3 rings (SSSR count). The number of benzene rings is 1. The second kappa shape index (κ2) is 5.87. The van der Waals surface area contributed by atoms with Gasteiger partial charge in [-0.05, 0) is 25.1 Å². The topological polar surface area (TPSA) is 61.0 Å². The molecule has 5 nitrogen and oxygen atoms in total. The van der Waals surface area contributed by atoms with E-state index in [9.17, 15) is 4.79 Å². The molecule has 1 aliphatic rings. The Balaban J connectivity index is 1.81. The Morgan fingerprint density at radius 1 is 1.38 bits per heavy atom. The van der Waals surface area contributed by atoms with Gasteiger partial charge in [0.05, 0.1) is 5.69 Å². The van der Waals surface area contributed by atoms with E-state index in [1.54, 1.807) is 6.07 Å². The highest BCUT2D eigenvalue weighted by Gasteiger charge is 2.25. The fraction of sp³-hybridized carbons (Fsp3) is 0.333. The van der Waals surface area contributed by atoms with E-state index in [1.807, 2.05) is 36.1 Å². The van der Waals surface area contributed by atoms with Gasteiger partial charge >= 0.3 is 0 Å². The second-order valence-electron chi connectivity index (χ2n) is 5.23. The number of aromatic amines is 1. The first-order valence-electron chi connectivity index (χ1n) is 6.98. The minimum absolute atomic E-state index is 0.00304. The first-order chi connectivity index (χ1) is 10.1. The van der Waals surface area contributed by atoms with Crippen LogP contribution in [0, 0.1) is 0 Å². The molecule has 1 aromatic carbocycles. The lowest BCUT2D eigenvalue weighted by atomic mass is 10.1. The van der Waals surface area contributed by atoms with Crippen LogP contribution in [0.3, 0.4) is 0 Å². The highest BCUT2D eigenvalue weighted by atomic mass is 35.5. The van der Waals surface area contributed by atoms with Gasteiger partial charge in [0.25, 0.3) is 5.91 Å². The van der Waals surface area contributed by atoms with E-state index < -0.39 is 0 Å². The molecule has 0 unspecified atom stereocenters. The van der Waals surface area contributed by atoms with Gasteiger partial charge in [-0.3, -0.25) is 9.89 Å². The predicted molar refractivity (Wildman–Crippen MR) is 82.4 cm³/mol. The SMILES string of the molecule is C[C@@H]1CNCCN1C(=O)c1cc(-c2ccc(Cl)cc2)n[nH]1. The van der Waals surface area contributed by atoms with Crippen molar-refractivity contribution in [2.45, 2.75) is 13.0 Å².